The molecule has 0 bridgehead atoms. The summed E-state index contributed by atoms with van der Waals surface area (Å²) in [6, 6.07) is 7.15. The number of carboxylic acid groups (broad SMARTS) is 1. The molecular weight excluding hydrogens is 516 g/mol. The normalized spacial score (nSPS) is 22.9. The van der Waals surface area contributed by atoms with Crippen LogP contribution in [0.15, 0.2) is 34.3 Å². The highest BCUT2D eigenvalue weighted by molar-refractivity contribution is 6.43. The number of hydrogen-bond donors (Lipinski definition) is 5. The summed E-state index contributed by atoms with van der Waals surface area (Å²) >= 11 is 6.08. The second-order valence-electron chi connectivity index (χ2n) is 11.7. The van der Waals surface area contributed by atoms with Crippen molar-refractivity contribution in [2.24, 2.45) is 33.5 Å². The summed E-state index contributed by atoms with van der Waals surface area (Å²) in [6.07, 6.45) is 8.93. The topological polar surface area (TPSA) is 147 Å². The fourth-order valence-corrected chi connectivity index (χ4v) is 6.12. The van der Waals surface area contributed by atoms with E-state index in [0.29, 0.717) is 24.0 Å². The number of halogens is 1. The van der Waals surface area contributed by atoms with Crippen LogP contribution in [0.2, 0.25) is 5.02 Å². The van der Waals surface area contributed by atoms with Gasteiger partial charge < -0.3 is 15.9 Å². The Morgan fingerprint density at radius 2 is 1.90 bits per heavy atom. The van der Waals surface area contributed by atoms with Gasteiger partial charge in [0, 0.05) is 18.1 Å². The molecule has 9 nitrogen and oxygen atoms in total. The molecule has 0 aliphatic heterocycles. The summed E-state index contributed by atoms with van der Waals surface area (Å²) in [7, 11) is 0. The monoisotopic (exact) mass is 560 g/mol. The number of aliphatic hydroxyl groups is 1. The van der Waals surface area contributed by atoms with E-state index in [9.17, 15) is 9.90 Å². The third-order valence-electron chi connectivity index (χ3n) is 8.07. The van der Waals surface area contributed by atoms with Crippen LogP contribution in [-0.4, -0.2) is 63.9 Å². The maximum atomic E-state index is 11.5. The molecule has 0 saturated heterocycles. The van der Waals surface area contributed by atoms with Gasteiger partial charge in [0.15, 0.2) is 11.7 Å². The van der Waals surface area contributed by atoms with Gasteiger partial charge in [0.1, 0.15) is 5.84 Å². The highest BCUT2D eigenvalue weighted by Crippen LogP contribution is 2.34. The average molecular weight is 561 g/mol. The van der Waals surface area contributed by atoms with Crippen molar-refractivity contribution in [1.82, 2.24) is 10.2 Å². The van der Waals surface area contributed by atoms with Crippen LogP contribution in [0, 0.1) is 23.2 Å². The van der Waals surface area contributed by atoms with Crippen LogP contribution in [0.4, 0.5) is 4.79 Å². The van der Waals surface area contributed by atoms with Gasteiger partial charge in [0.2, 0.25) is 0 Å². The average Bonchev–Trinajstić information content (AvgIpc) is 2.87. The number of nitrogens with zero attached hydrogens (tertiary/aromatic N) is 3. The molecule has 2 aliphatic rings. The summed E-state index contributed by atoms with van der Waals surface area (Å²) in [5, 5.41) is 31.5. The number of amides is 1. The molecule has 39 heavy (non-hydrogen) atoms. The first-order chi connectivity index (χ1) is 18.5. The molecule has 0 radical (unpaired) electrons. The van der Waals surface area contributed by atoms with Crippen LogP contribution < -0.4 is 11.1 Å². The minimum Gasteiger partial charge on any atom is -0.465 e. The molecule has 1 amide bonds. The molecule has 2 fully saturated rings. The van der Waals surface area contributed by atoms with Gasteiger partial charge in [0.25, 0.3) is 0 Å². The van der Waals surface area contributed by atoms with E-state index < -0.39 is 17.5 Å². The van der Waals surface area contributed by atoms with Crippen LogP contribution in [0.1, 0.15) is 77.2 Å². The minimum absolute atomic E-state index is 0.0969. The zero-order valence-electron chi connectivity index (χ0n) is 23.3. The molecule has 1 aromatic carbocycles. The predicted octanol–water partition coefficient (Wildman–Crippen LogP) is 5.30. The van der Waals surface area contributed by atoms with E-state index in [-0.39, 0.29) is 24.1 Å². The predicted molar refractivity (Wildman–Crippen MR) is 158 cm³/mol. The molecule has 0 aromatic heterocycles. The molecule has 0 spiro atoms. The van der Waals surface area contributed by atoms with E-state index in [1.165, 1.54) is 19.3 Å². The third kappa shape index (κ3) is 10.5. The SMILES string of the molecule is CC1CCC(CN(CC(N)=NC(=NCc2cccc(Cl)c2)C(=N)NC(=O)O)CC(C)(O)C2CCCCC2)CC1. The Bertz CT molecular complexity index is 1030. The Morgan fingerprint density at radius 1 is 1.21 bits per heavy atom. The number of carbonyl (C=O) groups is 1. The van der Waals surface area contributed by atoms with Gasteiger partial charge in [-0.05, 0) is 68.1 Å². The Hall–Kier alpha value is -2.49. The van der Waals surface area contributed by atoms with Crippen molar-refractivity contribution in [3.8, 4) is 0 Å². The van der Waals surface area contributed by atoms with Gasteiger partial charge in [-0.15, -0.1) is 0 Å². The van der Waals surface area contributed by atoms with E-state index in [1.54, 1.807) is 18.2 Å². The first-order valence-electron chi connectivity index (χ1n) is 14.2. The lowest BCUT2D eigenvalue weighted by atomic mass is 9.77. The molecule has 216 valence electrons. The molecule has 1 aromatic rings. The molecule has 1 atom stereocenters. The largest absolute Gasteiger partial charge is 0.465 e. The summed E-state index contributed by atoms with van der Waals surface area (Å²) in [4.78, 5) is 22.2. The molecule has 0 heterocycles. The third-order valence-corrected chi connectivity index (χ3v) is 8.31. The van der Waals surface area contributed by atoms with Crippen molar-refractivity contribution < 1.29 is 15.0 Å². The van der Waals surface area contributed by atoms with Gasteiger partial charge in [-0.3, -0.25) is 20.6 Å². The van der Waals surface area contributed by atoms with Gasteiger partial charge >= 0.3 is 6.09 Å². The lowest BCUT2D eigenvalue weighted by Gasteiger charge is -2.40. The molecule has 2 aliphatic carbocycles. The second kappa shape index (κ2) is 14.8. The summed E-state index contributed by atoms with van der Waals surface area (Å²) in [5.41, 5.74) is 6.37. The maximum Gasteiger partial charge on any atom is 0.410 e. The van der Waals surface area contributed by atoms with E-state index >= 15 is 0 Å². The lowest BCUT2D eigenvalue weighted by Crippen LogP contribution is -2.50. The Morgan fingerprint density at radius 3 is 2.54 bits per heavy atom. The van der Waals surface area contributed by atoms with Crippen molar-refractivity contribution in [1.29, 1.82) is 5.41 Å². The highest BCUT2D eigenvalue weighted by Gasteiger charge is 2.35. The number of benzene rings is 1. The molecule has 1 unspecified atom stereocenters. The first-order valence-corrected chi connectivity index (χ1v) is 14.5. The minimum atomic E-state index is -1.37. The number of rotatable bonds is 9. The fraction of sp³-hybridized carbons (Fsp3) is 0.655. The Kier molecular flexibility index (Phi) is 11.8. The van der Waals surface area contributed by atoms with Crippen molar-refractivity contribution in [2.45, 2.75) is 83.8 Å². The van der Waals surface area contributed by atoms with E-state index in [2.05, 4.69) is 21.8 Å². The second-order valence-corrected chi connectivity index (χ2v) is 12.1. The van der Waals surface area contributed by atoms with Gasteiger partial charge in [-0.2, -0.15) is 0 Å². The number of hydrogen-bond acceptors (Lipinski definition) is 5. The lowest BCUT2D eigenvalue weighted by molar-refractivity contribution is -0.0434. The Balaban J connectivity index is 1.79. The van der Waals surface area contributed by atoms with Crippen LogP contribution in [0.3, 0.4) is 0 Å². The van der Waals surface area contributed by atoms with E-state index in [1.807, 2.05) is 18.3 Å². The van der Waals surface area contributed by atoms with Crippen LogP contribution in [0.5, 0.6) is 0 Å². The van der Waals surface area contributed by atoms with Crippen molar-refractivity contribution in [3.05, 3.63) is 34.9 Å². The smallest absolute Gasteiger partial charge is 0.410 e. The van der Waals surface area contributed by atoms with E-state index in [0.717, 1.165) is 56.6 Å². The maximum absolute atomic E-state index is 11.5. The van der Waals surface area contributed by atoms with Crippen LogP contribution in [-0.2, 0) is 6.54 Å². The number of nitrogens with one attached hydrogen (secondary N) is 2. The van der Waals surface area contributed by atoms with Crippen LogP contribution in [0.25, 0.3) is 0 Å². The number of nitrogens with two attached hydrogens (primary N) is 1. The summed E-state index contributed by atoms with van der Waals surface area (Å²) in [6.45, 7) is 6.00. The first kappa shape index (κ1) is 31.0. The van der Waals surface area contributed by atoms with Gasteiger partial charge in [0.05, 0.1) is 18.7 Å². The highest BCUT2D eigenvalue weighted by atomic mass is 35.5. The van der Waals surface area contributed by atoms with Gasteiger partial charge in [-0.25, -0.2) is 9.79 Å². The molecular formula is C29H45ClN6O3. The van der Waals surface area contributed by atoms with Crippen molar-refractivity contribution in [2.75, 3.05) is 19.6 Å². The molecule has 10 heteroatoms. The molecule has 6 N–H and O–H groups in total. The van der Waals surface area contributed by atoms with Gasteiger partial charge in [-0.1, -0.05) is 62.8 Å². The summed E-state index contributed by atoms with van der Waals surface area (Å²) < 4.78 is 0. The molecule has 3 rings (SSSR count). The fourth-order valence-electron chi connectivity index (χ4n) is 5.90. The number of amidine groups is 3. The molecule has 2 saturated carbocycles. The summed E-state index contributed by atoms with van der Waals surface area (Å²) in [5.74, 6) is 1.20. The zero-order valence-corrected chi connectivity index (χ0v) is 24.1. The van der Waals surface area contributed by atoms with Crippen LogP contribution >= 0.6 is 11.6 Å². The van der Waals surface area contributed by atoms with E-state index in [4.69, 9.17) is 27.9 Å². The quantitative estimate of drug-likeness (QED) is 0.205. The van der Waals surface area contributed by atoms with Crippen molar-refractivity contribution in [3.63, 3.8) is 0 Å². The standard InChI is InChI=1S/C29H45ClN6O3/c1-20-11-13-21(14-12-20)17-36(19-29(2,39)23-8-4-3-5-9-23)18-25(31)34-27(26(32)35-28(37)38)33-16-22-7-6-10-24(30)15-22/h6-7,10,15,20-21,23,39H,3-5,8-9,11-14,16-19H2,1-2H3,(H2,32,35)(H,37,38)(H2,31,33,34). The zero-order chi connectivity index (χ0) is 28.4. The number of aliphatic imine (C=N–C) groups is 2. The van der Waals surface area contributed by atoms with Crippen molar-refractivity contribution >= 4 is 35.2 Å². The Labute approximate surface area is 237 Å².